The van der Waals surface area contributed by atoms with Gasteiger partial charge in [0.1, 0.15) is 9.41 Å². The summed E-state index contributed by atoms with van der Waals surface area (Å²) in [5, 5.41) is 9.65. The quantitative estimate of drug-likeness (QED) is 0.195. The second-order valence-corrected chi connectivity index (χ2v) is 5.77. The molecule has 0 spiro atoms. The van der Waals surface area contributed by atoms with E-state index in [-0.39, 0.29) is 29.5 Å². The monoisotopic (exact) mass is 459 g/mol. The van der Waals surface area contributed by atoms with E-state index in [1.807, 2.05) is 27.7 Å². The Balaban J connectivity index is -0.000000118. The number of thiol groups is 4. The molecule has 10 heteroatoms. The summed E-state index contributed by atoms with van der Waals surface area (Å²) < 4.78 is -0.232. The Hall–Kier alpha value is 1.38. The zero-order chi connectivity index (χ0) is 16.6. The molecule has 0 amide bonds. The van der Waals surface area contributed by atoms with Crippen molar-refractivity contribution in [1.82, 2.24) is 10.1 Å². The summed E-state index contributed by atoms with van der Waals surface area (Å²) in [6, 6.07) is 0. The van der Waals surface area contributed by atoms with E-state index in [0.29, 0.717) is 13.2 Å². The van der Waals surface area contributed by atoms with Gasteiger partial charge in [-0.15, -0.1) is 50.5 Å². The average molecular weight is 460 g/mol. The van der Waals surface area contributed by atoms with Crippen molar-refractivity contribution in [3.05, 3.63) is 6.57 Å². The van der Waals surface area contributed by atoms with E-state index < -0.39 is 0 Å². The summed E-state index contributed by atoms with van der Waals surface area (Å²) in [7, 11) is 0. The summed E-state index contributed by atoms with van der Waals surface area (Å²) in [6.45, 7) is 15.6. The molecular weight excluding hydrogens is 433 g/mol. The Morgan fingerprint density at radius 2 is 1.05 bits per heavy atom. The average Bonchev–Trinajstić information content (AvgIpc) is 2.44. The van der Waals surface area contributed by atoms with Gasteiger partial charge in [-0.3, -0.25) is 9.68 Å². The predicted octanol–water partition coefficient (Wildman–Crippen LogP) is 2.90. The van der Waals surface area contributed by atoms with E-state index in [0.717, 1.165) is 13.1 Å². The van der Waals surface area contributed by atoms with Gasteiger partial charge in [0.25, 0.3) is 0 Å². The zero-order valence-electron chi connectivity index (χ0n) is 12.8. The van der Waals surface area contributed by atoms with E-state index in [9.17, 15) is 0 Å². The fourth-order valence-electron chi connectivity index (χ4n) is 0.974. The molecule has 0 aromatic heterocycles. The summed E-state index contributed by atoms with van der Waals surface area (Å²) in [6.07, 6.45) is 0. The fourth-order valence-corrected chi connectivity index (χ4v) is 1.89. The van der Waals surface area contributed by atoms with Crippen molar-refractivity contribution in [2.45, 2.75) is 37.1 Å². The second kappa shape index (κ2) is 23.6. The molecule has 0 bridgehead atoms. The van der Waals surface area contributed by atoms with Crippen LogP contribution in [0.4, 0.5) is 0 Å². The van der Waals surface area contributed by atoms with Crippen LogP contribution in [0.5, 0.6) is 0 Å². The van der Waals surface area contributed by atoms with Crippen LogP contribution in [0.1, 0.15) is 27.7 Å². The van der Waals surface area contributed by atoms with E-state index in [2.05, 4.69) is 50.5 Å². The molecule has 0 aliphatic rings. The summed E-state index contributed by atoms with van der Waals surface area (Å²) in [5.74, 6) is 0. The van der Waals surface area contributed by atoms with Crippen LogP contribution in [0.25, 0.3) is 0 Å². The first-order valence-corrected chi connectivity index (χ1v) is 8.24. The molecule has 0 saturated carbocycles. The number of rotatable bonds is 8. The maximum Gasteiger partial charge on any atom is 0.120 e. The Bertz CT molecular complexity index is 197. The third-order valence-corrected chi connectivity index (χ3v) is 2.76. The molecule has 5 nitrogen and oxygen atoms in total. The molecule has 0 fully saturated rings. The van der Waals surface area contributed by atoms with Crippen LogP contribution in [0, 0.1) is 11.8 Å². The van der Waals surface area contributed by atoms with Crippen molar-refractivity contribution in [3.8, 4) is 0 Å². The van der Waals surface area contributed by atoms with Gasteiger partial charge in [-0.1, -0.05) is 13.8 Å². The van der Waals surface area contributed by atoms with Crippen LogP contribution in [0.15, 0.2) is 0 Å². The van der Waals surface area contributed by atoms with Gasteiger partial charge in [0.2, 0.25) is 0 Å². The Kier molecular flexibility index (Phi) is 34.1. The van der Waals surface area contributed by atoms with Crippen LogP contribution in [0.2, 0.25) is 0 Å². The Morgan fingerprint density at radius 1 is 0.810 bits per heavy atom. The van der Waals surface area contributed by atoms with Gasteiger partial charge in [0, 0.05) is 33.2 Å². The van der Waals surface area contributed by atoms with Crippen molar-refractivity contribution in [2.24, 2.45) is 0 Å². The van der Waals surface area contributed by atoms with Gasteiger partial charge >= 0.3 is 0 Å². The molecule has 0 atom stereocenters. The number of hydrogen-bond acceptors (Lipinski definition) is 9. The second-order valence-electron chi connectivity index (χ2n) is 2.99. The molecule has 0 rings (SSSR count). The van der Waals surface area contributed by atoms with Gasteiger partial charge in [0.15, 0.2) is 0 Å². The number of hydroxylamine groups is 4. The smallest absolute Gasteiger partial charge is 0.120 e. The maximum absolute atomic E-state index is 6.25. The van der Waals surface area contributed by atoms with E-state index >= 15 is 0 Å². The molecule has 129 valence electrons. The summed E-state index contributed by atoms with van der Waals surface area (Å²) in [5.41, 5.74) is 0. The molecule has 0 aromatic rings. The number of hydrogen-bond donors (Lipinski definition) is 4. The third-order valence-electron chi connectivity index (χ3n) is 1.73. The summed E-state index contributed by atoms with van der Waals surface area (Å²) >= 11 is 16.3. The molecule has 1 radical (unpaired) electrons. The minimum Gasteiger partial charge on any atom is -0.512 e. The summed E-state index contributed by atoms with van der Waals surface area (Å²) in [4.78, 5) is 10.3. The van der Waals surface area contributed by atoms with Crippen LogP contribution in [-0.4, -0.2) is 45.8 Å². The molecular formula is C11H26N3O2S4Tc-. The maximum atomic E-state index is 6.25. The molecule has 0 aliphatic carbocycles. The van der Waals surface area contributed by atoms with Gasteiger partial charge in [-0.25, -0.2) is 0 Å². The molecule has 0 aromatic carbocycles. The van der Waals surface area contributed by atoms with Gasteiger partial charge in [-0.05, 0) is 13.8 Å². The molecule has 0 unspecified atom stereocenters. The van der Waals surface area contributed by atoms with Crippen LogP contribution in [0.3, 0.4) is 0 Å². The molecule has 0 N–H and O–H groups in total. The van der Waals surface area contributed by atoms with E-state index in [1.165, 1.54) is 0 Å². The molecule has 0 aliphatic heterocycles. The minimum absolute atomic E-state index is 0. The minimum atomic E-state index is -0.116. The third kappa shape index (κ3) is 21.4. The zero-order valence-corrected chi connectivity index (χ0v) is 18.2. The van der Waals surface area contributed by atoms with Gasteiger partial charge in [-0.2, -0.15) is 10.1 Å². The number of nitrogens with zero attached hydrogens (tertiary/aromatic N) is 3. The molecule has 21 heavy (non-hydrogen) atoms. The standard InChI is InChI=1S/2C5H13NOS2.CN.Tc/c2*1-3-6(5(8)9)7-4-2;1-2;/h2*5,8-9H,3-4H2,1-2H3;;/q;;-1;/i;;;1+1. The van der Waals surface area contributed by atoms with Gasteiger partial charge in [0.05, 0.1) is 13.2 Å². The topological polar surface area (TPSA) is 48.7 Å². The van der Waals surface area contributed by atoms with Crippen molar-refractivity contribution >= 4 is 50.5 Å². The van der Waals surface area contributed by atoms with Crippen LogP contribution >= 0.6 is 50.5 Å². The predicted molar refractivity (Wildman–Crippen MR) is 96.5 cm³/mol. The SMILES string of the molecule is CCON(CC)C(S)S.CCON(CC)C(S)S.[99Tc].[C-]#N. The largest absolute Gasteiger partial charge is 0.512 e. The van der Waals surface area contributed by atoms with Crippen molar-refractivity contribution < 1.29 is 29.8 Å². The fraction of sp³-hybridized carbons (Fsp3) is 0.909. The molecule has 0 heterocycles. The van der Waals surface area contributed by atoms with Crippen molar-refractivity contribution in [3.63, 3.8) is 0 Å². The molecule has 0 saturated heterocycles. The Morgan fingerprint density at radius 3 is 1.10 bits per heavy atom. The Labute approximate surface area is 165 Å². The van der Waals surface area contributed by atoms with Crippen LogP contribution in [-0.2, 0) is 29.8 Å². The van der Waals surface area contributed by atoms with Crippen molar-refractivity contribution in [1.29, 1.82) is 5.26 Å². The van der Waals surface area contributed by atoms with E-state index in [4.69, 9.17) is 21.5 Å². The normalized spacial score (nSPS) is 9.81. The first-order chi connectivity index (χ1) is 9.44. The first kappa shape index (κ1) is 30.3. The van der Waals surface area contributed by atoms with E-state index in [1.54, 1.807) is 10.1 Å². The van der Waals surface area contributed by atoms with Gasteiger partial charge < -0.3 is 11.8 Å². The first-order valence-electron chi connectivity index (χ1n) is 6.18. The van der Waals surface area contributed by atoms with Crippen LogP contribution < -0.4 is 0 Å². The van der Waals surface area contributed by atoms with Crippen molar-refractivity contribution in [2.75, 3.05) is 26.3 Å².